The average Bonchev–Trinajstić information content (AvgIpc) is 2.31. The van der Waals surface area contributed by atoms with Crippen molar-refractivity contribution >= 4 is 11.9 Å². The first kappa shape index (κ1) is 15.4. The molecule has 96 valence electrons. The molecule has 0 N–H and O–H groups in total. The van der Waals surface area contributed by atoms with Crippen molar-refractivity contribution in [1.82, 2.24) is 0 Å². The van der Waals surface area contributed by atoms with Gasteiger partial charge in [0.1, 0.15) is 12.7 Å². The molecular weight excluding hydrogens is 220 g/mol. The fraction of sp³-hybridized carbons (Fsp3) is 0.538. The van der Waals surface area contributed by atoms with E-state index >= 15 is 0 Å². The fourth-order valence-electron chi connectivity index (χ4n) is 1.09. The molecule has 0 aromatic carbocycles. The number of carbonyl (C=O) groups excluding carboxylic acids is 2. The van der Waals surface area contributed by atoms with E-state index in [0.29, 0.717) is 12.0 Å². The Balaban J connectivity index is 4.21. The number of carbonyl (C=O) groups is 2. The summed E-state index contributed by atoms with van der Waals surface area (Å²) in [5, 5.41) is 0. The summed E-state index contributed by atoms with van der Waals surface area (Å²) < 4.78 is 10.0. The number of rotatable bonds is 8. The molecular formula is C13H20O4. The Morgan fingerprint density at radius 1 is 1.41 bits per heavy atom. The molecule has 0 aromatic rings. The van der Waals surface area contributed by atoms with Crippen LogP contribution in [0.4, 0.5) is 0 Å². The zero-order valence-electron chi connectivity index (χ0n) is 10.5. The second kappa shape index (κ2) is 8.56. The highest BCUT2D eigenvalue weighted by Crippen LogP contribution is 2.08. The van der Waals surface area contributed by atoms with Gasteiger partial charge in [-0.1, -0.05) is 26.5 Å². The van der Waals surface area contributed by atoms with Crippen molar-refractivity contribution in [2.45, 2.75) is 39.2 Å². The van der Waals surface area contributed by atoms with E-state index < -0.39 is 18.0 Å². The standard InChI is InChI=1S/C13H20O4/c1-5-7-8-11(9-16-12(14)6-2)17-13(15)10(3)4/h6,11H,2-3,5,7-9H2,1,4H3. The molecule has 0 radical (unpaired) electrons. The third-order valence-corrected chi connectivity index (χ3v) is 2.08. The molecule has 0 aliphatic carbocycles. The molecule has 0 fully saturated rings. The molecule has 0 rings (SSSR count). The molecule has 0 saturated carbocycles. The summed E-state index contributed by atoms with van der Waals surface area (Å²) in [6.45, 7) is 10.5. The second-order valence-electron chi connectivity index (χ2n) is 3.78. The molecule has 0 amide bonds. The third kappa shape index (κ3) is 7.33. The monoisotopic (exact) mass is 240 g/mol. The van der Waals surface area contributed by atoms with Gasteiger partial charge in [0.15, 0.2) is 0 Å². The topological polar surface area (TPSA) is 52.6 Å². The van der Waals surface area contributed by atoms with Gasteiger partial charge in [-0.25, -0.2) is 9.59 Å². The molecule has 0 aliphatic rings. The van der Waals surface area contributed by atoms with Gasteiger partial charge in [0.25, 0.3) is 0 Å². The van der Waals surface area contributed by atoms with Gasteiger partial charge in [-0.2, -0.15) is 0 Å². The maximum Gasteiger partial charge on any atom is 0.333 e. The first-order valence-corrected chi connectivity index (χ1v) is 5.66. The van der Waals surface area contributed by atoms with Gasteiger partial charge in [-0.05, 0) is 19.8 Å². The van der Waals surface area contributed by atoms with Crippen LogP contribution >= 0.6 is 0 Å². The summed E-state index contributed by atoms with van der Waals surface area (Å²) in [6.07, 6.45) is 3.22. The summed E-state index contributed by atoms with van der Waals surface area (Å²) in [5.41, 5.74) is 0.335. The zero-order valence-corrected chi connectivity index (χ0v) is 10.5. The van der Waals surface area contributed by atoms with E-state index in [9.17, 15) is 9.59 Å². The Hall–Kier alpha value is -1.58. The van der Waals surface area contributed by atoms with Crippen molar-refractivity contribution in [3.63, 3.8) is 0 Å². The van der Waals surface area contributed by atoms with Crippen molar-refractivity contribution < 1.29 is 19.1 Å². The maximum atomic E-state index is 11.3. The minimum absolute atomic E-state index is 0.0594. The van der Waals surface area contributed by atoms with Crippen LogP contribution in [0.1, 0.15) is 33.1 Å². The van der Waals surface area contributed by atoms with Crippen molar-refractivity contribution in [3.05, 3.63) is 24.8 Å². The minimum Gasteiger partial charge on any atom is -0.459 e. The largest absolute Gasteiger partial charge is 0.459 e. The van der Waals surface area contributed by atoms with Crippen molar-refractivity contribution in [3.8, 4) is 0 Å². The summed E-state index contributed by atoms with van der Waals surface area (Å²) in [4.78, 5) is 22.3. The predicted molar refractivity (Wildman–Crippen MR) is 65.4 cm³/mol. The third-order valence-electron chi connectivity index (χ3n) is 2.08. The molecule has 0 bridgehead atoms. The lowest BCUT2D eigenvalue weighted by Crippen LogP contribution is -2.25. The van der Waals surface area contributed by atoms with Crippen molar-refractivity contribution in [2.75, 3.05) is 6.61 Å². The van der Waals surface area contributed by atoms with Crippen LogP contribution < -0.4 is 0 Å². The van der Waals surface area contributed by atoms with Crippen LogP contribution in [0.2, 0.25) is 0 Å². The number of unbranched alkanes of at least 4 members (excludes halogenated alkanes) is 1. The molecule has 0 saturated heterocycles. The molecule has 0 aromatic heterocycles. The van der Waals surface area contributed by atoms with E-state index in [1.165, 1.54) is 0 Å². The van der Waals surface area contributed by atoms with E-state index in [1.807, 2.05) is 6.92 Å². The lowest BCUT2D eigenvalue weighted by Gasteiger charge is -2.17. The lowest BCUT2D eigenvalue weighted by atomic mass is 10.2. The predicted octanol–water partition coefficient (Wildman–Crippen LogP) is 2.39. The number of esters is 2. The minimum atomic E-state index is -0.516. The summed E-state index contributed by atoms with van der Waals surface area (Å²) in [6, 6.07) is 0. The van der Waals surface area contributed by atoms with Gasteiger partial charge in [0, 0.05) is 11.6 Å². The van der Waals surface area contributed by atoms with Crippen LogP contribution in [0.25, 0.3) is 0 Å². The Morgan fingerprint density at radius 2 is 2.06 bits per heavy atom. The molecule has 0 heterocycles. The van der Waals surface area contributed by atoms with Gasteiger partial charge in [0.05, 0.1) is 0 Å². The average molecular weight is 240 g/mol. The molecule has 4 heteroatoms. The number of ether oxygens (including phenoxy) is 2. The van der Waals surface area contributed by atoms with Crippen LogP contribution in [0.3, 0.4) is 0 Å². The lowest BCUT2D eigenvalue weighted by molar-refractivity contribution is -0.153. The van der Waals surface area contributed by atoms with E-state index in [1.54, 1.807) is 6.92 Å². The van der Waals surface area contributed by atoms with Gasteiger partial charge in [0.2, 0.25) is 0 Å². The highest BCUT2D eigenvalue weighted by Gasteiger charge is 2.16. The Kier molecular flexibility index (Phi) is 7.76. The highest BCUT2D eigenvalue weighted by atomic mass is 16.6. The Labute approximate surface area is 102 Å². The molecule has 1 atom stereocenters. The second-order valence-corrected chi connectivity index (χ2v) is 3.78. The first-order valence-electron chi connectivity index (χ1n) is 5.66. The molecule has 4 nitrogen and oxygen atoms in total. The summed E-state index contributed by atoms with van der Waals surface area (Å²) >= 11 is 0. The van der Waals surface area contributed by atoms with Gasteiger partial charge in [-0.15, -0.1) is 0 Å². The quantitative estimate of drug-likeness (QED) is 0.483. The Morgan fingerprint density at radius 3 is 2.53 bits per heavy atom. The summed E-state index contributed by atoms with van der Waals surface area (Å²) in [5.74, 6) is -0.973. The number of hydrogen-bond donors (Lipinski definition) is 0. The van der Waals surface area contributed by atoms with Crippen molar-refractivity contribution in [1.29, 1.82) is 0 Å². The van der Waals surface area contributed by atoms with E-state index in [2.05, 4.69) is 13.2 Å². The van der Waals surface area contributed by atoms with Crippen LogP contribution in [-0.4, -0.2) is 24.6 Å². The Bertz CT molecular complexity index is 294. The fourth-order valence-corrected chi connectivity index (χ4v) is 1.09. The highest BCUT2D eigenvalue weighted by molar-refractivity contribution is 5.87. The van der Waals surface area contributed by atoms with Gasteiger partial charge < -0.3 is 9.47 Å². The first-order chi connectivity index (χ1) is 8.01. The van der Waals surface area contributed by atoms with E-state index in [-0.39, 0.29) is 6.61 Å². The smallest absolute Gasteiger partial charge is 0.333 e. The molecule has 1 unspecified atom stereocenters. The zero-order chi connectivity index (χ0) is 13.3. The van der Waals surface area contributed by atoms with E-state index in [0.717, 1.165) is 18.9 Å². The van der Waals surface area contributed by atoms with Gasteiger partial charge >= 0.3 is 11.9 Å². The van der Waals surface area contributed by atoms with Crippen LogP contribution in [0.15, 0.2) is 24.8 Å². The van der Waals surface area contributed by atoms with Crippen LogP contribution in [0.5, 0.6) is 0 Å². The maximum absolute atomic E-state index is 11.3. The van der Waals surface area contributed by atoms with Crippen LogP contribution in [0, 0.1) is 0 Å². The molecule has 0 spiro atoms. The SMILES string of the molecule is C=CC(=O)OCC(CCCC)OC(=O)C(=C)C. The van der Waals surface area contributed by atoms with Gasteiger partial charge in [-0.3, -0.25) is 0 Å². The normalized spacial score (nSPS) is 11.4. The number of hydrogen-bond acceptors (Lipinski definition) is 4. The molecule has 0 aliphatic heterocycles. The van der Waals surface area contributed by atoms with Crippen molar-refractivity contribution in [2.24, 2.45) is 0 Å². The van der Waals surface area contributed by atoms with Crippen LogP contribution in [-0.2, 0) is 19.1 Å². The molecule has 17 heavy (non-hydrogen) atoms. The summed E-state index contributed by atoms with van der Waals surface area (Å²) in [7, 11) is 0. The van der Waals surface area contributed by atoms with E-state index in [4.69, 9.17) is 9.47 Å².